The molecule has 0 bridgehead atoms. The molecule has 1 saturated heterocycles. The van der Waals surface area contributed by atoms with Crippen LogP contribution in [0.1, 0.15) is 6.92 Å². The van der Waals surface area contributed by atoms with Crippen molar-refractivity contribution in [1.82, 2.24) is 0 Å². The van der Waals surface area contributed by atoms with Crippen LogP contribution < -0.4 is 0 Å². The van der Waals surface area contributed by atoms with Crippen molar-refractivity contribution >= 4 is 0 Å². The van der Waals surface area contributed by atoms with Gasteiger partial charge < -0.3 is 14.6 Å². The summed E-state index contributed by atoms with van der Waals surface area (Å²) in [6.07, 6.45) is -6.42. The zero-order chi connectivity index (χ0) is 9.41. The Hall–Kier alpha value is -0.330. The Kier molecular flexibility index (Phi) is 2.33. The van der Waals surface area contributed by atoms with Gasteiger partial charge in [-0.25, -0.2) is 0 Å². The fourth-order valence-corrected chi connectivity index (χ4v) is 1.07. The molecule has 1 N–H and O–H groups in total. The molecule has 1 fully saturated rings. The van der Waals surface area contributed by atoms with Gasteiger partial charge in [-0.15, -0.1) is 0 Å². The van der Waals surface area contributed by atoms with Gasteiger partial charge in [-0.2, -0.15) is 13.2 Å². The Morgan fingerprint density at radius 1 is 1.33 bits per heavy atom. The minimum atomic E-state index is -4.70. The van der Waals surface area contributed by atoms with E-state index in [2.05, 4.69) is 9.47 Å². The maximum atomic E-state index is 12.3. The van der Waals surface area contributed by atoms with Gasteiger partial charge in [0.2, 0.25) is 0 Å². The molecule has 1 rings (SSSR count). The summed E-state index contributed by atoms with van der Waals surface area (Å²) < 4.78 is 45.5. The van der Waals surface area contributed by atoms with E-state index in [0.717, 1.165) is 6.92 Å². The molecule has 1 aliphatic heterocycles. The van der Waals surface area contributed by atoms with Crippen LogP contribution in [0.4, 0.5) is 13.2 Å². The van der Waals surface area contributed by atoms with Gasteiger partial charge in [0, 0.05) is 0 Å². The zero-order valence-corrected chi connectivity index (χ0v) is 6.39. The van der Waals surface area contributed by atoms with E-state index in [1.54, 1.807) is 0 Å². The fourth-order valence-electron chi connectivity index (χ4n) is 1.07. The minimum Gasteiger partial charge on any atom is -0.387 e. The Morgan fingerprint density at radius 2 is 1.75 bits per heavy atom. The maximum Gasteiger partial charge on any atom is 0.446 e. The molecule has 0 aliphatic carbocycles. The van der Waals surface area contributed by atoms with Gasteiger partial charge in [0.25, 0.3) is 5.79 Å². The lowest BCUT2D eigenvalue weighted by atomic mass is 10.1. The van der Waals surface area contributed by atoms with E-state index in [-0.39, 0.29) is 13.2 Å². The molecule has 1 atom stereocenters. The number of halogens is 3. The summed E-state index contributed by atoms with van der Waals surface area (Å²) in [4.78, 5) is 0. The average molecular weight is 186 g/mol. The molecular weight excluding hydrogens is 177 g/mol. The lowest BCUT2D eigenvalue weighted by Crippen LogP contribution is -2.54. The summed E-state index contributed by atoms with van der Waals surface area (Å²) in [5.41, 5.74) is 0. The molecule has 0 radical (unpaired) electrons. The first-order chi connectivity index (χ1) is 5.40. The van der Waals surface area contributed by atoms with Crippen LogP contribution >= 0.6 is 0 Å². The second kappa shape index (κ2) is 2.86. The molecule has 0 amide bonds. The number of aliphatic hydroxyl groups excluding tert-OH is 1. The second-order valence-corrected chi connectivity index (χ2v) is 2.54. The largest absolute Gasteiger partial charge is 0.446 e. The Morgan fingerprint density at radius 3 is 1.92 bits per heavy atom. The van der Waals surface area contributed by atoms with Crippen LogP contribution in [0.3, 0.4) is 0 Å². The normalized spacial score (nSPS) is 25.8. The van der Waals surface area contributed by atoms with Crippen LogP contribution in [0.5, 0.6) is 0 Å². The quantitative estimate of drug-likeness (QED) is 0.654. The molecule has 3 nitrogen and oxygen atoms in total. The summed E-state index contributed by atoms with van der Waals surface area (Å²) in [6.45, 7) is 0.688. The number of alkyl halides is 3. The first-order valence-electron chi connectivity index (χ1n) is 3.43. The monoisotopic (exact) mass is 186 g/mol. The third kappa shape index (κ3) is 1.30. The lowest BCUT2D eigenvalue weighted by Gasteiger charge is -2.31. The molecule has 0 spiro atoms. The first kappa shape index (κ1) is 9.76. The fraction of sp³-hybridized carbons (Fsp3) is 1.00. The summed E-state index contributed by atoms with van der Waals surface area (Å²) >= 11 is 0. The molecule has 0 saturated carbocycles. The Bertz CT molecular complexity index is 160. The maximum absolute atomic E-state index is 12.3. The van der Waals surface area contributed by atoms with Crippen molar-refractivity contribution in [2.45, 2.75) is 25.0 Å². The molecular formula is C6H9F3O3. The van der Waals surface area contributed by atoms with E-state index >= 15 is 0 Å². The molecule has 0 aromatic carbocycles. The van der Waals surface area contributed by atoms with E-state index in [9.17, 15) is 13.2 Å². The van der Waals surface area contributed by atoms with Gasteiger partial charge in [-0.1, -0.05) is 0 Å². The molecule has 12 heavy (non-hydrogen) atoms. The number of hydrogen-bond acceptors (Lipinski definition) is 3. The van der Waals surface area contributed by atoms with E-state index in [0.29, 0.717) is 0 Å². The van der Waals surface area contributed by atoms with Crippen LogP contribution in [0.25, 0.3) is 0 Å². The van der Waals surface area contributed by atoms with Gasteiger partial charge in [0.05, 0.1) is 13.2 Å². The van der Waals surface area contributed by atoms with E-state index in [1.165, 1.54) is 0 Å². The van der Waals surface area contributed by atoms with Crippen molar-refractivity contribution in [3.05, 3.63) is 0 Å². The average Bonchev–Trinajstić information content (AvgIpc) is 2.31. The van der Waals surface area contributed by atoms with Gasteiger partial charge in [-0.05, 0) is 6.92 Å². The Balaban J connectivity index is 2.87. The molecule has 0 aromatic rings. The summed E-state index contributed by atoms with van der Waals surface area (Å²) in [7, 11) is 0. The summed E-state index contributed by atoms with van der Waals surface area (Å²) in [5, 5.41) is 8.87. The second-order valence-electron chi connectivity index (χ2n) is 2.54. The highest BCUT2D eigenvalue weighted by Crippen LogP contribution is 2.39. The first-order valence-corrected chi connectivity index (χ1v) is 3.43. The topological polar surface area (TPSA) is 38.7 Å². The predicted molar refractivity (Wildman–Crippen MR) is 32.4 cm³/mol. The van der Waals surface area contributed by atoms with E-state index in [1.807, 2.05) is 0 Å². The van der Waals surface area contributed by atoms with Crippen LogP contribution in [-0.4, -0.2) is 36.4 Å². The molecule has 1 aliphatic rings. The molecule has 6 heteroatoms. The third-order valence-corrected chi connectivity index (χ3v) is 1.66. The van der Waals surface area contributed by atoms with Crippen molar-refractivity contribution in [1.29, 1.82) is 0 Å². The van der Waals surface area contributed by atoms with Crippen LogP contribution in [0.15, 0.2) is 0 Å². The standard InChI is InChI=1S/C6H9F3O3/c1-4(10)5(6(7,8)9)11-2-3-12-5/h4,10H,2-3H2,1H3. The minimum absolute atomic E-state index is 0.148. The van der Waals surface area contributed by atoms with E-state index < -0.39 is 18.1 Å². The van der Waals surface area contributed by atoms with Gasteiger partial charge in [0.15, 0.2) is 0 Å². The van der Waals surface area contributed by atoms with Gasteiger partial charge >= 0.3 is 6.18 Å². The number of hydrogen-bond donors (Lipinski definition) is 1. The number of aliphatic hydroxyl groups is 1. The third-order valence-electron chi connectivity index (χ3n) is 1.66. The zero-order valence-electron chi connectivity index (χ0n) is 6.39. The molecule has 1 heterocycles. The van der Waals surface area contributed by atoms with Gasteiger partial charge in [0.1, 0.15) is 6.10 Å². The van der Waals surface area contributed by atoms with Crippen molar-refractivity contribution < 1.29 is 27.8 Å². The highest BCUT2D eigenvalue weighted by molar-refractivity contribution is 4.87. The van der Waals surface area contributed by atoms with Crippen LogP contribution in [-0.2, 0) is 9.47 Å². The Labute approximate surface area is 67.1 Å². The molecule has 72 valence electrons. The van der Waals surface area contributed by atoms with Crippen molar-refractivity contribution in [2.75, 3.05) is 13.2 Å². The van der Waals surface area contributed by atoms with Crippen LogP contribution in [0, 0.1) is 0 Å². The summed E-state index contributed by atoms with van der Waals surface area (Å²) in [5.74, 6) is -2.81. The molecule has 1 unspecified atom stereocenters. The van der Waals surface area contributed by atoms with Crippen molar-refractivity contribution in [3.8, 4) is 0 Å². The highest BCUT2D eigenvalue weighted by atomic mass is 19.4. The van der Waals surface area contributed by atoms with Crippen molar-refractivity contribution in [2.24, 2.45) is 0 Å². The van der Waals surface area contributed by atoms with E-state index in [4.69, 9.17) is 5.11 Å². The highest BCUT2D eigenvalue weighted by Gasteiger charge is 2.63. The van der Waals surface area contributed by atoms with Gasteiger partial charge in [-0.3, -0.25) is 0 Å². The smallest absolute Gasteiger partial charge is 0.387 e. The predicted octanol–water partition coefficient (Wildman–Crippen LogP) is 0.673. The SMILES string of the molecule is CC(O)C1(C(F)(F)F)OCCO1. The lowest BCUT2D eigenvalue weighted by molar-refractivity contribution is -0.370. The van der Waals surface area contributed by atoms with Crippen LogP contribution in [0.2, 0.25) is 0 Å². The number of rotatable bonds is 1. The molecule has 0 aromatic heterocycles. The van der Waals surface area contributed by atoms with Crippen molar-refractivity contribution in [3.63, 3.8) is 0 Å². The summed E-state index contributed by atoms with van der Waals surface area (Å²) in [6, 6.07) is 0. The number of ether oxygens (including phenoxy) is 2.